The summed E-state index contributed by atoms with van der Waals surface area (Å²) in [6, 6.07) is 15.8. The van der Waals surface area contributed by atoms with Crippen molar-refractivity contribution in [3.8, 4) is 5.75 Å². The summed E-state index contributed by atoms with van der Waals surface area (Å²) in [5.74, 6) is 0.881. The van der Waals surface area contributed by atoms with Gasteiger partial charge in [0.1, 0.15) is 5.75 Å². The Kier molecular flexibility index (Phi) is 3.58. The Balaban J connectivity index is 1.75. The predicted octanol–water partition coefficient (Wildman–Crippen LogP) is 4.31. The number of aromatic nitrogens is 2. The number of hydrogen-bond donors (Lipinski definition) is 0. The molecule has 4 nitrogen and oxygen atoms in total. The van der Waals surface area contributed by atoms with Gasteiger partial charge in [-0.1, -0.05) is 42.1 Å². The molecule has 1 aliphatic rings. The molecule has 2 aromatic carbocycles. The quantitative estimate of drug-likeness (QED) is 0.720. The van der Waals surface area contributed by atoms with Crippen molar-refractivity contribution in [2.24, 2.45) is 0 Å². The highest BCUT2D eigenvalue weighted by atomic mass is 32.2. The smallest absolute Gasteiger partial charge is 0.234 e. The molecule has 0 N–H and O–H groups in total. The Morgan fingerprint density at radius 3 is 2.87 bits per heavy atom. The minimum Gasteiger partial charge on any atom is -0.494 e. The molecule has 0 saturated carbocycles. The maximum atomic E-state index is 12.6. The predicted molar refractivity (Wildman–Crippen MR) is 91.2 cm³/mol. The number of fused-ring (bicyclic) bond motifs is 3. The van der Waals surface area contributed by atoms with Crippen LogP contribution in [0.5, 0.6) is 5.75 Å². The molecular weight excluding hydrogens is 308 g/mol. The highest BCUT2D eigenvalue weighted by Gasteiger charge is 2.29. The Hall–Kier alpha value is -2.27. The van der Waals surface area contributed by atoms with Gasteiger partial charge in [-0.2, -0.15) is 0 Å². The van der Waals surface area contributed by atoms with Crippen LogP contribution in [0.4, 0.5) is 0 Å². The molecule has 23 heavy (non-hydrogen) atoms. The van der Waals surface area contributed by atoms with Gasteiger partial charge in [0.05, 0.1) is 17.6 Å². The van der Waals surface area contributed by atoms with Crippen LogP contribution >= 0.6 is 11.8 Å². The summed E-state index contributed by atoms with van der Waals surface area (Å²) < 4.78 is 7.25. The van der Waals surface area contributed by atoms with Crippen molar-refractivity contribution < 1.29 is 9.53 Å². The lowest BCUT2D eigenvalue weighted by Gasteiger charge is -2.22. The maximum Gasteiger partial charge on any atom is 0.234 e. The molecule has 4 rings (SSSR count). The van der Waals surface area contributed by atoms with E-state index in [0.717, 1.165) is 21.9 Å². The van der Waals surface area contributed by atoms with Crippen molar-refractivity contribution in [2.75, 3.05) is 6.61 Å². The molecule has 2 heterocycles. The molecule has 0 amide bonds. The third-order valence-electron chi connectivity index (χ3n) is 3.93. The fourth-order valence-electron chi connectivity index (χ4n) is 2.89. The van der Waals surface area contributed by atoms with Gasteiger partial charge in [-0.15, -0.1) is 0 Å². The topological polar surface area (TPSA) is 44.1 Å². The second kappa shape index (κ2) is 5.74. The van der Waals surface area contributed by atoms with E-state index in [-0.39, 0.29) is 11.2 Å². The molecule has 1 unspecified atom stereocenters. The van der Waals surface area contributed by atoms with Crippen LogP contribution in [-0.4, -0.2) is 22.1 Å². The van der Waals surface area contributed by atoms with Gasteiger partial charge in [-0.05, 0) is 24.6 Å². The number of rotatable bonds is 3. The zero-order chi connectivity index (χ0) is 15.8. The van der Waals surface area contributed by atoms with Crippen LogP contribution < -0.4 is 4.74 Å². The summed E-state index contributed by atoms with van der Waals surface area (Å²) in [5.41, 5.74) is 2.83. The molecule has 1 aromatic heterocycles. The van der Waals surface area contributed by atoms with E-state index >= 15 is 0 Å². The minimum absolute atomic E-state index is 0.0965. The second-order valence-corrected chi connectivity index (χ2v) is 6.60. The van der Waals surface area contributed by atoms with E-state index in [2.05, 4.69) is 17.1 Å². The molecule has 1 aliphatic heterocycles. The van der Waals surface area contributed by atoms with E-state index < -0.39 is 0 Å². The molecular formula is C18H16N2O2S. The summed E-state index contributed by atoms with van der Waals surface area (Å²) >= 11 is 1.65. The minimum atomic E-state index is 0.0965. The van der Waals surface area contributed by atoms with Crippen molar-refractivity contribution in [3.63, 3.8) is 0 Å². The SMILES string of the molecule is CCOc1ccc2c(c1)nc1n2C(=O)CC(c2ccccc2)S1. The fourth-order valence-corrected chi connectivity index (χ4v) is 4.12. The Bertz CT molecular complexity index is 873. The first kappa shape index (κ1) is 14.3. The average Bonchev–Trinajstić information content (AvgIpc) is 2.94. The fraction of sp³-hybridized carbons (Fsp3) is 0.222. The number of carbonyl (C=O) groups excluding carboxylic acids is 1. The Morgan fingerprint density at radius 2 is 2.09 bits per heavy atom. The van der Waals surface area contributed by atoms with E-state index in [0.29, 0.717) is 13.0 Å². The van der Waals surface area contributed by atoms with E-state index in [1.807, 2.05) is 43.3 Å². The van der Waals surface area contributed by atoms with Gasteiger partial charge in [0.15, 0.2) is 5.16 Å². The third kappa shape index (κ3) is 2.51. The van der Waals surface area contributed by atoms with E-state index in [1.54, 1.807) is 16.3 Å². The van der Waals surface area contributed by atoms with Crippen LogP contribution in [0, 0.1) is 0 Å². The zero-order valence-electron chi connectivity index (χ0n) is 12.7. The number of thioether (sulfide) groups is 1. The molecule has 3 aromatic rings. The molecule has 0 bridgehead atoms. The van der Waals surface area contributed by atoms with Crippen LogP contribution in [-0.2, 0) is 0 Å². The Labute approximate surface area is 138 Å². The first-order chi connectivity index (χ1) is 11.3. The van der Waals surface area contributed by atoms with E-state index in [9.17, 15) is 4.79 Å². The van der Waals surface area contributed by atoms with Gasteiger partial charge in [0.25, 0.3) is 0 Å². The molecule has 0 radical (unpaired) electrons. The molecule has 0 saturated heterocycles. The summed E-state index contributed by atoms with van der Waals surface area (Å²) in [5, 5.41) is 0.887. The van der Waals surface area contributed by atoms with Gasteiger partial charge in [-0.3, -0.25) is 9.36 Å². The third-order valence-corrected chi connectivity index (χ3v) is 5.14. The van der Waals surface area contributed by atoms with E-state index in [1.165, 1.54) is 5.56 Å². The number of benzene rings is 2. The number of imidazole rings is 1. The van der Waals surface area contributed by atoms with Crippen molar-refractivity contribution in [2.45, 2.75) is 23.8 Å². The second-order valence-electron chi connectivity index (χ2n) is 5.43. The maximum absolute atomic E-state index is 12.6. The van der Waals surface area contributed by atoms with Crippen molar-refractivity contribution >= 4 is 28.7 Å². The van der Waals surface area contributed by atoms with Gasteiger partial charge in [0.2, 0.25) is 5.91 Å². The first-order valence-corrected chi connectivity index (χ1v) is 8.54. The van der Waals surface area contributed by atoms with Gasteiger partial charge >= 0.3 is 0 Å². The van der Waals surface area contributed by atoms with Gasteiger partial charge in [-0.25, -0.2) is 4.98 Å². The monoisotopic (exact) mass is 324 g/mol. The van der Waals surface area contributed by atoms with Crippen LogP contribution in [0.1, 0.15) is 29.0 Å². The highest BCUT2D eigenvalue weighted by Crippen LogP contribution is 2.43. The summed E-state index contributed by atoms with van der Waals surface area (Å²) in [7, 11) is 0. The van der Waals surface area contributed by atoms with Crippen LogP contribution in [0.25, 0.3) is 11.0 Å². The molecule has 0 spiro atoms. The van der Waals surface area contributed by atoms with Crippen LogP contribution in [0.2, 0.25) is 0 Å². The largest absolute Gasteiger partial charge is 0.494 e. The first-order valence-electron chi connectivity index (χ1n) is 7.66. The molecule has 0 fully saturated rings. The molecule has 5 heteroatoms. The lowest BCUT2D eigenvalue weighted by molar-refractivity contribution is 0.0891. The average molecular weight is 324 g/mol. The number of ether oxygens (including phenoxy) is 1. The summed E-state index contributed by atoms with van der Waals surface area (Å²) in [6.07, 6.45) is 0.486. The van der Waals surface area contributed by atoms with Crippen molar-refractivity contribution in [1.29, 1.82) is 0 Å². The van der Waals surface area contributed by atoms with Gasteiger partial charge in [0, 0.05) is 17.7 Å². The molecule has 1 atom stereocenters. The van der Waals surface area contributed by atoms with Crippen molar-refractivity contribution in [3.05, 3.63) is 54.1 Å². The van der Waals surface area contributed by atoms with E-state index in [4.69, 9.17) is 4.74 Å². The number of nitrogens with zero attached hydrogens (tertiary/aromatic N) is 2. The van der Waals surface area contributed by atoms with Crippen LogP contribution in [0.15, 0.2) is 53.7 Å². The summed E-state index contributed by atoms with van der Waals surface area (Å²) in [6.45, 7) is 2.56. The van der Waals surface area contributed by atoms with Gasteiger partial charge < -0.3 is 4.74 Å². The van der Waals surface area contributed by atoms with Crippen molar-refractivity contribution in [1.82, 2.24) is 9.55 Å². The number of hydrogen-bond acceptors (Lipinski definition) is 4. The standard InChI is InChI=1S/C18H16N2O2S/c1-2-22-13-8-9-15-14(10-13)19-18-20(15)17(21)11-16(23-18)12-6-4-3-5-7-12/h3-10,16H,2,11H2,1H3. The number of carbonyl (C=O) groups is 1. The summed E-state index contributed by atoms with van der Waals surface area (Å²) in [4.78, 5) is 17.3. The Morgan fingerprint density at radius 1 is 1.26 bits per heavy atom. The normalized spacial score (nSPS) is 17.3. The molecule has 0 aliphatic carbocycles. The highest BCUT2D eigenvalue weighted by molar-refractivity contribution is 7.99. The lowest BCUT2D eigenvalue weighted by Crippen LogP contribution is -2.19. The lowest BCUT2D eigenvalue weighted by atomic mass is 10.1. The zero-order valence-corrected chi connectivity index (χ0v) is 13.5. The molecule has 116 valence electrons. The van der Waals surface area contributed by atoms with Crippen LogP contribution in [0.3, 0.4) is 0 Å².